The van der Waals surface area contributed by atoms with Gasteiger partial charge in [-0.2, -0.15) is 0 Å². The van der Waals surface area contributed by atoms with Crippen molar-refractivity contribution in [3.63, 3.8) is 0 Å². The molecule has 3 nitrogen and oxygen atoms in total. The third-order valence-electron chi connectivity index (χ3n) is 4.02. The fraction of sp³-hybridized carbons (Fsp3) is 0.600. The smallest absolute Gasteiger partial charge is 0.0762 e. The Hall–Kier alpha value is -0.770. The van der Waals surface area contributed by atoms with Crippen LogP contribution in [0.2, 0.25) is 5.02 Å². The molecule has 3 rings (SSSR count). The minimum atomic E-state index is 0.334. The third kappa shape index (κ3) is 3.04. The van der Waals surface area contributed by atoms with E-state index in [0.717, 1.165) is 37.1 Å². The Labute approximate surface area is 119 Å². The zero-order valence-corrected chi connectivity index (χ0v) is 12.1. The van der Waals surface area contributed by atoms with Crippen molar-refractivity contribution in [1.29, 1.82) is 0 Å². The Morgan fingerprint density at radius 2 is 2.21 bits per heavy atom. The molecule has 0 spiro atoms. The Balaban J connectivity index is 1.77. The number of para-hydroxylation sites is 1. The summed E-state index contributed by atoms with van der Waals surface area (Å²) in [5.41, 5.74) is 2.49. The van der Waals surface area contributed by atoms with Gasteiger partial charge >= 0.3 is 0 Å². The molecule has 1 aliphatic heterocycles. The summed E-state index contributed by atoms with van der Waals surface area (Å²) in [5, 5.41) is 4.43. The summed E-state index contributed by atoms with van der Waals surface area (Å²) in [4.78, 5) is 2.36. The zero-order valence-electron chi connectivity index (χ0n) is 11.4. The molecule has 2 fully saturated rings. The summed E-state index contributed by atoms with van der Waals surface area (Å²) >= 11 is 6.42. The van der Waals surface area contributed by atoms with E-state index < -0.39 is 0 Å². The molecule has 0 bridgehead atoms. The van der Waals surface area contributed by atoms with Crippen LogP contribution in [-0.4, -0.2) is 32.3 Å². The van der Waals surface area contributed by atoms with Gasteiger partial charge in [-0.15, -0.1) is 0 Å². The van der Waals surface area contributed by atoms with Crippen molar-refractivity contribution in [1.82, 2.24) is 5.32 Å². The molecule has 2 aliphatic rings. The molecule has 1 aromatic rings. The molecule has 1 heterocycles. The van der Waals surface area contributed by atoms with Gasteiger partial charge in [-0.25, -0.2) is 0 Å². The van der Waals surface area contributed by atoms with E-state index in [-0.39, 0.29) is 0 Å². The number of methoxy groups -OCH3 is 1. The van der Waals surface area contributed by atoms with Gasteiger partial charge in [0, 0.05) is 32.8 Å². The van der Waals surface area contributed by atoms with E-state index in [0.29, 0.717) is 6.10 Å². The number of rotatable bonds is 5. The van der Waals surface area contributed by atoms with E-state index in [9.17, 15) is 0 Å². The van der Waals surface area contributed by atoms with Crippen LogP contribution < -0.4 is 10.2 Å². The Morgan fingerprint density at radius 3 is 2.89 bits per heavy atom. The normalized spacial score (nSPS) is 23.1. The first-order valence-electron chi connectivity index (χ1n) is 7.06. The van der Waals surface area contributed by atoms with Gasteiger partial charge in [0.15, 0.2) is 0 Å². The molecule has 4 heteroatoms. The predicted octanol–water partition coefficient (Wildman–Crippen LogP) is 2.82. The van der Waals surface area contributed by atoms with Crippen molar-refractivity contribution in [2.24, 2.45) is 0 Å². The maximum Gasteiger partial charge on any atom is 0.0762 e. The van der Waals surface area contributed by atoms with E-state index in [1.807, 2.05) is 12.1 Å². The minimum absolute atomic E-state index is 0.334. The van der Waals surface area contributed by atoms with Crippen LogP contribution in [-0.2, 0) is 11.3 Å². The Bertz CT molecular complexity index is 448. The topological polar surface area (TPSA) is 24.5 Å². The van der Waals surface area contributed by atoms with Crippen molar-refractivity contribution in [2.45, 2.75) is 38.0 Å². The average molecular weight is 281 g/mol. The molecular weight excluding hydrogens is 260 g/mol. The molecule has 1 N–H and O–H groups in total. The summed E-state index contributed by atoms with van der Waals surface area (Å²) in [6, 6.07) is 6.92. The van der Waals surface area contributed by atoms with Crippen molar-refractivity contribution < 1.29 is 4.74 Å². The van der Waals surface area contributed by atoms with Crippen LogP contribution in [0.4, 0.5) is 5.69 Å². The van der Waals surface area contributed by atoms with Crippen LogP contribution in [0, 0.1) is 0 Å². The lowest BCUT2D eigenvalue weighted by Crippen LogP contribution is -2.25. The molecule has 104 valence electrons. The molecule has 1 unspecified atom stereocenters. The van der Waals surface area contributed by atoms with Crippen molar-refractivity contribution in [3.05, 3.63) is 28.8 Å². The SMILES string of the molecule is COC1CCN(c2c(Cl)cccc2CNC2CC2)C1. The van der Waals surface area contributed by atoms with Crippen LogP contribution in [0.15, 0.2) is 18.2 Å². The molecule has 1 saturated carbocycles. The fourth-order valence-electron chi connectivity index (χ4n) is 2.72. The Kier molecular flexibility index (Phi) is 3.96. The van der Waals surface area contributed by atoms with Gasteiger partial charge in [-0.3, -0.25) is 0 Å². The summed E-state index contributed by atoms with van der Waals surface area (Å²) < 4.78 is 5.45. The maximum absolute atomic E-state index is 6.42. The summed E-state index contributed by atoms with van der Waals surface area (Å²) in [6.45, 7) is 2.88. The molecule has 1 aliphatic carbocycles. The molecule has 0 amide bonds. The summed E-state index contributed by atoms with van der Waals surface area (Å²) in [7, 11) is 1.79. The molecule has 1 aromatic carbocycles. The highest BCUT2D eigenvalue weighted by Gasteiger charge is 2.26. The van der Waals surface area contributed by atoms with E-state index in [4.69, 9.17) is 16.3 Å². The van der Waals surface area contributed by atoms with Gasteiger partial charge in [0.05, 0.1) is 16.8 Å². The first-order valence-corrected chi connectivity index (χ1v) is 7.44. The van der Waals surface area contributed by atoms with Gasteiger partial charge < -0.3 is 15.0 Å². The van der Waals surface area contributed by atoms with Crippen LogP contribution in [0.25, 0.3) is 0 Å². The summed E-state index contributed by atoms with van der Waals surface area (Å²) in [5.74, 6) is 0. The average Bonchev–Trinajstić information content (AvgIpc) is 3.13. The predicted molar refractivity (Wildman–Crippen MR) is 78.9 cm³/mol. The van der Waals surface area contributed by atoms with E-state index in [2.05, 4.69) is 16.3 Å². The summed E-state index contributed by atoms with van der Waals surface area (Å²) in [6.07, 6.45) is 4.04. The maximum atomic E-state index is 6.42. The number of anilines is 1. The zero-order chi connectivity index (χ0) is 13.2. The lowest BCUT2D eigenvalue weighted by atomic mass is 10.1. The quantitative estimate of drug-likeness (QED) is 0.898. The van der Waals surface area contributed by atoms with Gasteiger partial charge in [-0.1, -0.05) is 23.7 Å². The second-order valence-corrected chi connectivity index (χ2v) is 5.90. The largest absolute Gasteiger partial charge is 0.380 e. The Morgan fingerprint density at radius 1 is 1.37 bits per heavy atom. The van der Waals surface area contributed by atoms with Crippen molar-refractivity contribution >= 4 is 17.3 Å². The van der Waals surface area contributed by atoms with Crippen LogP contribution >= 0.6 is 11.6 Å². The monoisotopic (exact) mass is 280 g/mol. The molecule has 1 saturated heterocycles. The molecule has 1 atom stereocenters. The number of halogens is 1. The number of nitrogens with one attached hydrogen (secondary N) is 1. The number of benzene rings is 1. The number of nitrogens with zero attached hydrogens (tertiary/aromatic N) is 1. The number of ether oxygens (including phenoxy) is 1. The third-order valence-corrected chi connectivity index (χ3v) is 4.33. The lowest BCUT2D eigenvalue weighted by molar-refractivity contribution is 0.121. The van der Waals surface area contributed by atoms with Gasteiger partial charge in [-0.05, 0) is 30.9 Å². The molecule has 19 heavy (non-hydrogen) atoms. The highest BCUT2D eigenvalue weighted by molar-refractivity contribution is 6.33. The minimum Gasteiger partial charge on any atom is -0.380 e. The second-order valence-electron chi connectivity index (χ2n) is 5.50. The van der Waals surface area contributed by atoms with Crippen molar-refractivity contribution in [3.8, 4) is 0 Å². The molecule has 0 aromatic heterocycles. The number of hydrogen-bond donors (Lipinski definition) is 1. The van der Waals surface area contributed by atoms with Gasteiger partial charge in [0.1, 0.15) is 0 Å². The van der Waals surface area contributed by atoms with Gasteiger partial charge in [0.2, 0.25) is 0 Å². The highest BCUT2D eigenvalue weighted by Crippen LogP contribution is 2.33. The van der Waals surface area contributed by atoms with Crippen molar-refractivity contribution in [2.75, 3.05) is 25.1 Å². The van der Waals surface area contributed by atoms with Gasteiger partial charge in [0.25, 0.3) is 0 Å². The standard InChI is InChI=1S/C15H21ClN2O/c1-19-13-7-8-18(10-13)15-11(3-2-4-14(15)16)9-17-12-5-6-12/h2-4,12-13,17H,5-10H2,1H3. The first-order chi connectivity index (χ1) is 9.28. The van der Waals surface area contributed by atoms with Crippen LogP contribution in [0.1, 0.15) is 24.8 Å². The highest BCUT2D eigenvalue weighted by atomic mass is 35.5. The molecule has 0 radical (unpaired) electrons. The fourth-order valence-corrected chi connectivity index (χ4v) is 3.04. The first kappa shape index (κ1) is 13.2. The van der Waals surface area contributed by atoms with Crippen LogP contribution in [0.5, 0.6) is 0 Å². The second kappa shape index (κ2) is 5.70. The lowest BCUT2D eigenvalue weighted by Gasteiger charge is -2.23. The van der Waals surface area contributed by atoms with Crippen LogP contribution in [0.3, 0.4) is 0 Å². The van der Waals surface area contributed by atoms with E-state index in [1.165, 1.54) is 24.1 Å². The number of hydrogen-bond acceptors (Lipinski definition) is 3. The van der Waals surface area contributed by atoms with E-state index in [1.54, 1.807) is 7.11 Å². The van der Waals surface area contributed by atoms with E-state index >= 15 is 0 Å². The molecular formula is C15H21ClN2O.